The van der Waals surface area contributed by atoms with Gasteiger partial charge in [-0.25, -0.2) is 4.79 Å². The molecular weight excluding hydrogens is 238 g/mol. The van der Waals surface area contributed by atoms with E-state index < -0.39 is 18.5 Å². The standard InChI is InChI=1S/C11H19N3O4/c1-4-6-14(8-10(16)17)11(18)13(5-2)7-9(15)12-3/h4H,1,5-8H2,2-3H3,(H,12,15)(H,16,17). The number of carbonyl (C=O) groups excluding carboxylic acids is 2. The first-order valence-corrected chi connectivity index (χ1v) is 5.53. The van der Waals surface area contributed by atoms with Crippen LogP contribution in [0.25, 0.3) is 0 Å². The van der Waals surface area contributed by atoms with Gasteiger partial charge in [-0.3, -0.25) is 9.59 Å². The Morgan fingerprint density at radius 3 is 2.28 bits per heavy atom. The zero-order chi connectivity index (χ0) is 14.1. The van der Waals surface area contributed by atoms with Gasteiger partial charge < -0.3 is 20.2 Å². The molecule has 0 atom stereocenters. The zero-order valence-electron chi connectivity index (χ0n) is 10.7. The summed E-state index contributed by atoms with van der Waals surface area (Å²) in [5.74, 6) is -1.42. The van der Waals surface area contributed by atoms with Crippen LogP contribution in [-0.2, 0) is 9.59 Å². The fourth-order valence-electron chi connectivity index (χ4n) is 1.30. The lowest BCUT2D eigenvalue weighted by atomic mass is 10.4. The molecule has 0 aromatic carbocycles. The summed E-state index contributed by atoms with van der Waals surface area (Å²) in [6.07, 6.45) is 1.44. The maximum atomic E-state index is 12.0. The highest BCUT2D eigenvalue weighted by Crippen LogP contribution is 2.00. The average Bonchev–Trinajstić information content (AvgIpc) is 2.33. The summed E-state index contributed by atoms with van der Waals surface area (Å²) in [5, 5.41) is 11.1. The van der Waals surface area contributed by atoms with Crippen molar-refractivity contribution in [2.45, 2.75) is 6.92 Å². The van der Waals surface area contributed by atoms with Gasteiger partial charge in [-0.15, -0.1) is 6.58 Å². The van der Waals surface area contributed by atoms with Crippen molar-refractivity contribution >= 4 is 17.9 Å². The van der Waals surface area contributed by atoms with Crippen LogP contribution in [0.15, 0.2) is 12.7 Å². The SMILES string of the molecule is C=CCN(CC(=O)O)C(=O)N(CC)CC(=O)NC. The molecule has 0 aromatic rings. The second-order valence-electron chi connectivity index (χ2n) is 3.53. The number of nitrogens with zero attached hydrogens (tertiary/aromatic N) is 2. The minimum atomic E-state index is -1.11. The molecule has 3 amide bonds. The first-order chi connectivity index (χ1) is 8.46. The number of likely N-dealkylation sites (N-methyl/N-ethyl adjacent to an activating group) is 2. The Morgan fingerprint density at radius 1 is 1.28 bits per heavy atom. The number of rotatable bonds is 7. The fourth-order valence-corrected chi connectivity index (χ4v) is 1.30. The van der Waals surface area contributed by atoms with Crippen LogP contribution in [0.5, 0.6) is 0 Å². The number of hydrogen-bond donors (Lipinski definition) is 2. The number of hydrogen-bond acceptors (Lipinski definition) is 3. The van der Waals surface area contributed by atoms with Crippen molar-refractivity contribution in [3.63, 3.8) is 0 Å². The van der Waals surface area contributed by atoms with Gasteiger partial charge in [-0.2, -0.15) is 0 Å². The molecule has 0 saturated heterocycles. The number of aliphatic carboxylic acids is 1. The van der Waals surface area contributed by atoms with E-state index in [1.165, 1.54) is 18.0 Å². The molecule has 0 unspecified atom stereocenters. The van der Waals surface area contributed by atoms with Crippen LogP contribution in [0, 0.1) is 0 Å². The molecule has 0 spiro atoms. The monoisotopic (exact) mass is 257 g/mol. The summed E-state index contributed by atoms with van der Waals surface area (Å²) in [4.78, 5) is 36.3. The van der Waals surface area contributed by atoms with E-state index in [4.69, 9.17) is 5.11 Å². The van der Waals surface area contributed by atoms with Gasteiger partial charge in [0.25, 0.3) is 0 Å². The Labute approximate surface area is 106 Å². The number of carbonyl (C=O) groups is 3. The van der Waals surface area contributed by atoms with E-state index in [9.17, 15) is 14.4 Å². The molecule has 0 heterocycles. The van der Waals surface area contributed by atoms with Crippen LogP contribution in [0.3, 0.4) is 0 Å². The predicted molar refractivity (Wildman–Crippen MR) is 66.1 cm³/mol. The molecule has 0 aliphatic heterocycles. The predicted octanol–water partition coefficient (Wildman–Crippen LogP) is -0.253. The second-order valence-corrected chi connectivity index (χ2v) is 3.53. The van der Waals surface area contributed by atoms with Crippen LogP contribution < -0.4 is 5.32 Å². The smallest absolute Gasteiger partial charge is 0.323 e. The van der Waals surface area contributed by atoms with E-state index in [1.54, 1.807) is 6.92 Å². The molecule has 0 aliphatic carbocycles. The Bertz CT molecular complexity index is 330. The van der Waals surface area contributed by atoms with Crippen molar-refractivity contribution in [3.05, 3.63) is 12.7 Å². The summed E-state index contributed by atoms with van der Waals surface area (Å²) in [5.41, 5.74) is 0. The second kappa shape index (κ2) is 8.10. The van der Waals surface area contributed by atoms with Gasteiger partial charge in [0.05, 0.1) is 0 Å². The molecule has 0 rings (SSSR count). The van der Waals surface area contributed by atoms with Gasteiger partial charge in [0, 0.05) is 20.1 Å². The van der Waals surface area contributed by atoms with E-state index in [0.29, 0.717) is 6.54 Å². The molecule has 7 nitrogen and oxygen atoms in total. The normalized spacial score (nSPS) is 9.44. The Morgan fingerprint density at radius 2 is 1.89 bits per heavy atom. The van der Waals surface area contributed by atoms with Crippen LogP contribution in [0.4, 0.5) is 4.79 Å². The molecule has 0 fully saturated rings. The van der Waals surface area contributed by atoms with Crippen molar-refractivity contribution < 1.29 is 19.5 Å². The molecule has 2 N–H and O–H groups in total. The average molecular weight is 257 g/mol. The zero-order valence-corrected chi connectivity index (χ0v) is 10.7. The summed E-state index contributed by atoms with van der Waals surface area (Å²) < 4.78 is 0. The molecule has 0 bridgehead atoms. The van der Waals surface area contributed by atoms with E-state index >= 15 is 0 Å². The maximum Gasteiger partial charge on any atom is 0.323 e. The minimum Gasteiger partial charge on any atom is -0.480 e. The lowest BCUT2D eigenvalue weighted by molar-refractivity contribution is -0.137. The summed E-state index contributed by atoms with van der Waals surface area (Å²) in [6, 6.07) is -0.497. The molecule has 102 valence electrons. The third kappa shape index (κ3) is 5.33. The molecular formula is C11H19N3O4. The Hall–Kier alpha value is -2.05. The number of carboxylic acids is 1. The highest BCUT2D eigenvalue weighted by atomic mass is 16.4. The number of carboxylic acid groups (broad SMARTS) is 1. The van der Waals surface area contributed by atoms with Crippen LogP contribution in [0.1, 0.15) is 6.92 Å². The van der Waals surface area contributed by atoms with Gasteiger partial charge in [-0.1, -0.05) is 6.08 Å². The molecule has 0 aliphatic rings. The van der Waals surface area contributed by atoms with Gasteiger partial charge in [0.1, 0.15) is 13.1 Å². The molecule has 18 heavy (non-hydrogen) atoms. The lowest BCUT2D eigenvalue weighted by Crippen LogP contribution is -2.48. The van der Waals surface area contributed by atoms with Crippen molar-refractivity contribution in [3.8, 4) is 0 Å². The minimum absolute atomic E-state index is 0.0981. The summed E-state index contributed by atoms with van der Waals surface area (Å²) in [6.45, 7) is 5.10. The Balaban J connectivity index is 4.73. The van der Waals surface area contributed by atoms with Gasteiger partial charge >= 0.3 is 12.0 Å². The topological polar surface area (TPSA) is 90.0 Å². The first-order valence-electron chi connectivity index (χ1n) is 5.53. The van der Waals surface area contributed by atoms with Crippen molar-refractivity contribution in [2.24, 2.45) is 0 Å². The fraction of sp³-hybridized carbons (Fsp3) is 0.545. The summed E-state index contributed by atoms with van der Waals surface area (Å²) >= 11 is 0. The molecule has 7 heteroatoms. The largest absolute Gasteiger partial charge is 0.480 e. The van der Waals surface area contributed by atoms with Gasteiger partial charge in [-0.05, 0) is 6.92 Å². The number of nitrogens with one attached hydrogen (secondary N) is 1. The van der Waals surface area contributed by atoms with Crippen molar-refractivity contribution in [1.82, 2.24) is 15.1 Å². The highest BCUT2D eigenvalue weighted by molar-refractivity contribution is 5.85. The van der Waals surface area contributed by atoms with Crippen molar-refractivity contribution in [2.75, 3.05) is 33.2 Å². The van der Waals surface area contributed by atoms with E-state index in [0.717, 1.165) is 4.90 Å². The first kappa shape index (κ1) is 16.0. The van der Waals surface area contributed by atoms with Crippen LogP contribution >= 0.6 is 0 Å². The number of amides is 3. The van der Waals surface area contributed by atoms with E-state index in [1.807, 2.05) is 0 Å². The van der Waals surface area contributed by atoms with E-state index in [2.05, 4.69) is 11.9 Å². The van der Waals surface area contributed by atoms with Crippen molar-refractivity contribution in [1.29, 1.82) is 0 Å². The number of urea groups is 1. The lowest BCUT2D eigenvalue weighted by Gasteiger charge is -2.27. The van der Waals surface area contributed by atoms with Gasteiger partial charge in [0.2, 0.25) is 5.91 Å². The van der Waals surface area contributed by atoms with Gasteiger partial charge in [0.15, 0.2) is 0 Å². The molecule has 0 radical (unpaired) electrons. The van der Waals surface area contributed by atoms with Crippen LogP contribution in [0.2, 0.25) is 0 Å². The van der Waals surface area contributed by atoms with E-state index in [-0.39, 0.29) is 19.0 Å². The summed E-state index contributed by atoms with van der Waals surface area (Å²) in [7, 11) is 1.47. The van der Waals surface area contributed by atoms with Crippen LogP contribution in [-0.4, -0.2) is 66.0 Å². The molecule has 0 aromatic heterocycles. The maximum absolute atomic E-state index is 12.0. The quantitative estimate of drug-likeness (QED) is 0.615. The third-order valence-corrected chi connectivity index (χ3v) is 2.21. The Kier molecular flexibility index (Phi) is 7.18. The molecule has 0 saturated carbocycles. The third-order valence-electron chi connectivity index (χ3n) is 2.21. The highest BCUT2D eigenvalue weighted by Gasteiger charge is 2.22.